The van der Waals surface area contributed by atoms with Crippen molar-refractivity contribution in [1.29, 1.82) is 0 Å². The number of halogens is 1. The van der Waals surface area contributed by atoms with Gasteiger partial charge in [0.05, 0.1) is 17.0 Å². The molecule has 1 aromatic carbocycles. The van der Waals surface area contributed by atoms with Crippen LogP contribution in [0, 0.1) is 6.92 Å². The van der Waals surface area contributed by atoms with Gasteiger partial charge < -0.3 is 5.32 Å². The van der Waals surface area contributed by atoms with Gasteiger partial charge >= 0.3 is 0 Å². The quantitative estimate of drug-likeness (QED) is 0.837. The van der Waals surface area contributed by atoms with Crippen LogP contribution in [-0.2, 0) is 14.8 Å². The summed E-state index contributed by atoms with van der Waals surface area (Å²) in [4.78, 5) is 15.8. The molecule has 8 heteroatoms. The highest BCUT2D eigenvalue weighted by molar-refractivity contribution is 7.89. The summed E-state index contributed by atoms with van der Waals surface area (Å²) >= 11 is 5.97. The Morgan fingerprint density at radius 1 is 1.32 bits per heavy atom. The summed E-state index contributed by atoms with van der Waals surface area (Å²) in [5.74, 6) is -0.292. The van der Waals surface area contributed by atoms with Gasteiger partial charge in [-0.15, -0.1) is 0 Å². The van der Waals surface area contributed by atoms with Gasteiger partial charge in [-0.2, -0.15) is 4.31 Å². The Morgan fingerprint density at radius 2 is 2.09 bits per heavy atom. The smallest absolute Gasteiger partial charge is 0.243 e. The zero-order valence-corrected chi connectivity index (χ0v) is 13.4. The highest BCUT2D eigenvalue weighted by Crippen LogP contribution is 2.24. The number of amides is 1. The van der Waals surface area contributed by atoms with E-state index in [1.165, 1.54) is 10.4 Å². The minimum absolute atomic E-state index is 0.151. The fourth-order valence-corrected chi connectivity index (χ4v) is 3.95. The molecule has 1 aliphatic heterocycles. The van der Waals surface area contributed by atoms with Crippen molar-refractivity contribution in [3.63, 3.8) is 0 Å². The lowest BCUT2D eigenvalue weighted by molar-refractivity contribution is -0.122. The third-order valence-electron chi connectivity index (χ3n) is 3.56. The molecule has 0 unspecified atom stereocenters. The number of rotatable bonds is 2. The molecule has 0 spiro atoms. The molecule has 3 rings (SSSR count). The van der Waals surface area contributed by atoms with Gasteiger partial charge in [-0.05, 0) is 36.8 Å². The molecule has 1 fully saturated rings. The van der Waals surface area contributed by atoms with Crippen LogP contribution in [0.4, 0.5) is 0 Å². The number of nitrogens with zero attached hydrogens (tertiary/aromatic N) is 2. The van der Waals surface area contributed by atoms with Crippen molar-refractivity contribution in [2.45, 2.75) is 11.8 Å². The van der Waals surface area contributed by atoms with E-state index in [2.05, 4.69) is 10.3 Å². The molecule has 1 aromatic heterocycles. The fourth-order valence-electron chi connectivity index (χ4n) is 2.37. The van der Waals surface area contributed by atoms with Crippen LogP contribution in [0.1, 0.15) is 5.56 Å². The van der Waals surface area contributed by atoms with Gasteiger partial charge in [-0.25, -0.2) is 13.4 Å². The first-order valence-electron chi connectivity index (χ1n) is 6.72. The summed E-state index contributed by atoms with van der Waals surface area (Å²) in [6, 6.07) is 6.47. The molecule has 1 aliphatic rings. The number of aromatic nitrogens is 1. The van der Waals surface area contributed by atoms with Crippen molar-refractivity contribution in [2.75, 3.05) is 19.6 Å². The van der Waals surface area contributed by atoms with E-state index in [1.54, 1.807) is 18.2 Å². The van der Waals surface area contributed by atoms with Crippen LogP contribution in [-0.4, -0.2) is 43.2 Å². The molecule has 1 N–H and O–H groups in total. The van der Waals surface area contributed by atoms with E-state index >= 15 is 0 Å². The number of piperazine rings is 1. The third kappa shape index (κ3) is 2.67. The van der Waals surface area contributed by atoms with E-state index in [4.69, 9.17) is 11.6 Å². The first-order valence-corrected chi connectivity index (χ1v) is 8.53. The fraction of sp³-hybridized carbons (Fsp3) is 0.286. The number of nitrogens with one attached hydrogen (secondary N) is 1. The van der Waals surface area contributed by atoms with E-state index < -0.39 is 10.0 Å². The highest BCUT2D eigenvalue weighted by Gasteiger charge is 2.29. The number of carbonyl (C=O) groups is 1. The molecule has 2 heterocycles. The minimum Gasteiger partial charge on any atom is -0.354 e. The van der Waals surface area contributed by atoms with Crippen molar-refractivity contribution in [3.8, 4) is 0 Å². The van der Waals surface area contributed by atoms with Crippen LogP contribution in [0.3, 0.4) is 0 Å². The van der Waals surface area contributed by atoms with Gasteiger partial charge in [0.1, 0.15) is 5.15 Å². The number of fused-ring (bicyclic) bond motifs is 1. The molecule has 2 aromatic rings. The van der Waals surface area contributed by atoms with E-state index in [-0.39, 0.29) is 23.9 Å². The molecule has 0 aliphatic carbocycles. The van der Waals surface area contributed by atoms with E-state index in [0.29, 0.717) is 22.6 Å². The second-order valence-electron chi connectivity index (χ2n) is 5.14. The molecule has 1 amide bonds. The van der Waals surface area contributed by atoms with Crippen molar-refractivity contribution in [1.82, 2.24) is 14.6 Å². The van der Waals surface area contributed by atoms with E-state index in [1.807, 2.05) is 6.92 Å². The molecular formula is C14H14ClN3O3S. The second kappa shape index (κ2) is 5.49. The Kier molecular flexibility index (Phi) is 3.80. The van der Waals surface area contributed by atoms with Crippen molar-refractivity contribution >= 4 is 38.4 Å². The highest BCUT2D eigenvalue weighted by atomic mass is 35.5. The lowest BCUT2D eigenvalue weighted by atomic mass is 10.2. The first-order chi connectivity index (χ1) is 10.4. The van der Waals surface area contributed by atoms with Crippen LogP contribution in [0.2, 0.25) is 5.15 Å². The van der Waals surface area contributed by atoms with E-state index in [0.717, 1.165) is 5.56 Å². The SMILES string of the molecule is Cc1cc2cc(S(=O)(=O)N3CCNC(=O)C3)ccc2nc1Cl. The molecule has 0 radical (unpaired) electrons. The molecular weight excluding hydrogens is 326 g/mol. The number of sulfonamides is 1. The molecule has 0 bridgehead atoms. The summed E-state index contributed by atoms with van der Waals surface area (Å²) in [7, 11) is -3.70. The Morgan fingerprint density at radius 3 is 2.82 bits per heavy atom. The normalized spacial score (nSPS) is 16.7. The van der Waals surface area contributed by atoms with Crippen LogP contribution in [0.25, 0.3) is 10.9 Å². The van der Waals surface area contributed by atoms with Gasteiger partial charge in [0.25, 0.3) is 0 Å². The average Bonchev–Trinajstić information content (AvgIpc) is 2.48. The van der Waals surface area contributed by atoms with Crippen LogP contribution < -0.4 is 5.32 Å². The number of hydrogen-bond donors (Lipinski definition) is 1. The van der Waals surface area contributed by atoms with Gasteiger partial charge in [0.2, 0.25) is 15.9 Å². The molecule has 0 saturated carbocycles. The van der Waals surface area contributed by atoms with Crippen LogP contribution >= 0.6 is 11.6 Å². The Bertz CT molecular complexity index is 867. The summed E-state index contributed by atoms with van der Waals surface area (Å²) < 4.78 is 26.4. The maximum Gasteiger partial charge on any atom is 0.243 e. The minimum atomic E-state index is -3.70. The van der Waals surface area contributed by atoms with E-state index in [9.17, 15) is 13.2 Å². The average molecular weight is 340 g/mol. The van der Waals surface area contributed by atoms with Gasteiger partial charge in [-0.1, -0.05) is 11.6 Å². The van der Waals surface area contributed by atoms with Crippen molar-refractivity contribution in [3.05, 3.63) is 35.0 Å². The maximum absolute atomic E-state index is 12.6. The van der Waals surface area contributed by atoms with Crippen LogP contribution in [0.5, 0.6) is 0 Å². The van der Waals surface area contributed by atoms with Gasteiger partial charge in [0, 0.05) is 18.5 Å². The lowest BCUT2D eigenvalue weighted by Gasteiger charge is -2.26. The number of pyridine rings is 1. The predicted molar refractivity (Wildman–Crippen MR) is 83.3 cm³/mol. The zero-order chi connectivity index (χ0) is 15.9. The number of carbonyl (C=O) groups excluding carboxylic acids is 1. The molecule has 0 atom stereocenters. The van der Waals surface area contributed by atoms with Gasteiger partial charge in [0.15, 0.2) is 0 Å². The first kappa shape index (κ1) is 15.2. The monoisotopic (exact) mass is 339 g/mol. The largest absolute Gasteiger partial charge is 0.354 e. The maximum atomic E-state index is 12.6. The predicted octanol–water partition coefficient (Wildman–Crippen LogP) is 1.32. The molecule has 1 saturated heterocycles. The summed E-state index contributed by atoms with van der Waals surface area (Å²) in [6.07, 6.45) is 0. The Labute approximate surface area is 133 Å². The third-order valence-corrected chi connectivity index (χ3v) is 5.78. The molecule has 22 heavy (non-hydrogen) atoms. The molecule has 116 valence electrons. The zero-order valence-electron chi connectivity index (χ0n) is 11.8. The Balaban J connectivity index is 2.05. The summed E-state index contributed by atoms with van der Waals surface area (Å²) in [5, 5.41) is 3.71. The number of hydrogen-bond acceptors (Lipinski definition) is 4. The lowest BCUT2D eigenvalue weighted by Crippen LogP contribution is -2.49. The second-order valence-corrected chi connectivity index (χ2v) is 7.44. The van der Waals surface area contributed by atoms with Crippen molar-refractivity contribution in [2.24, 2.45) is 0 Å². The standard InChI is InChI=1S/C14H14ClN3O3S/c1-9-6-10-7-11(2-3-12(10)17-14(9)15)22(20,21)18-5-4-16-13(19)8-18/h2-3,6-7H,4-5,8H2,1H3,(H,16,19). The summed E-state index contributed by atoms with van der Waals surface area (Å²) in [6.45, 7) is 2.25. The van der Waals surface area contributed by atoms with Crippen molar-refractivity contribution < 1.29 is 13.2 Å². The Hall–Kier alpha value is -1.70. The molecule has 6 nitrogen and oxygen atoms in total. The van der Waals surface area contributed by atoms with Crippen LogP contribution in [0.15, 0.2) is 29.2 Å². The number of benzene rings is 1. The van der Waals surface area contributed by atoms with Gasteiger partial charge in [-0.3, -0.25) is 4.79 Å². The topological polar surface area (TPSA) is 79.4 Å². The number of aryl methyl sites for hydroxylation is 1. The summed E-state index contributed by atoms with van der Waals surface area (Å²) in [5.41, 5.74) is 1.41.